The van der Waals surface area contributed by atoms with E-state index >= 15 is 0 Å². The molecule has 0 aliphatic heterocycles. The van der Waals surface area contributed by atoms with E-state index in [1.807, 2.05) is 24.3 Å². The summed E-state index contributed by atoms with van der Waals surface area (Å²) in [4.78, 5) is 11.1. The van der Waals surface area contributed by atoms with Crippen molar-refractivity contribution in [2.75, 3.05) is 0 Å². The van der Waals surface area contributed by atoms with Crippen LogP contribution in [0.2, 0.25) is 0 Å². The van der Waals surface area contributed by atoms with E-state index in [0.29, 0.717) is 6.42 Å². The molecule has 0 aromatic rings. The zero-order valence-corrected chi connectivity index (χ0v) is 6.79. The number of allylic oxidation sites excluding steroid dienone is 8. The molecule has 0 N–H and O–H groups in total. The molecule has 0 aromatic heterocycles. The van der Waals surface area contributed by atoms with Gasteiger partial charge in [0, 0.05) is 6.42 Å². The monoisotopic (exact) mass is 158 g/mol. The van der Waals surface area contributed by atoms with E-state index in [4.69, 9.17) is 0 Å². The minimum Gasteiger partial charge on any atom is -0.294 e. The summed E-state index contributed by atoms with van der Waals surface area (Å²) in [6.07, 6.45) is 13.3. The van der Waals surface area contributed by atoms with Gasteiger partial charge in [0.25, 0.3) is 0 Å². The maximum atomic E-state index is 11.1. The summed E-state index contributed by atoms with van der Waals surface area (Å²) in [6.45, 7) is 0. The number of ketones is 1. The molecule has 2 aliphatic carbocycles. The SMILES string of the molecule is O=C1C=C2C\C=C/C=C\C=C/2C1. The van der Waals surface area contributed by atoms with Crippen LogP contribution < -0.4 is 0 Å². The smallest absolute Gasteiger partial charge is 0.160 e. The summed E-state index contributed by atoms with van der Waals surface area (Å²) in [5.74, 6) is 0.236. The van der Waals surface area contributed by atoms with E-state index < -0.39 is 0 Å². The molecule has 60 valence electrons. The van der Waals surface area contributed by atoms with Gasteiger partial charge in [0.2, 0.25) is 0 Å². The molecule has 0 aromatic carbocycles. The van der Waals surface area contributed by atoms with Crippen LogP contribution in [0.25, 0.3) is 0 Å². The minimum absolute atomic E-state index is 0.236. The first-order valence-electron chi connectivity index (χ1n) is 4.12. The fourth-order valence-electron chi connectivity index (χ4n) is 1.50. The molecule has 2 rings (SSSR count). The molecule has 0 unspecified atom stereocenters. The Bertz CT molecular complexity index is 327. The Morgan fingerprint density at radius 1 is 1.08 bits per heavy atom. The third-order valence-corrected chi connectivity index (χ3v) is 2.11. The fourth-order valence-corrected chi connectivity index (χ4v) is 1.50. The highest BCUT2D eigenvalue weighted by Gasteiger charge is 2.16. The average molecular weight is 158 g/mol. The molecule has 0 bridgehead atoms. The molecule has 0 atom stereocenters. The zero-order valence-electron chi connectivity index (χ0n) is 6.79. The number of hydrogen-bond acceptors (Lipinski definition) is 1. The van der Waals surface area contributed by atoms with Crippen LogP contribution in [0.15, 0.2) is 47.6 Å². The van der Waals surface area contributed by atoms with Gasteiger partial charge in [-0.15, -0.1) is 0 Å². The molecule has 1 heteroatoms. The van der Waals surface area contributed by atoms with Crippen molar-refractivity contribution in [1.82, 2.24) is 0 Å². The van der Waals surface area contributed by atoms with Crippen LogP contribution in [0.5, 0.6) is 0 Å². The van der Waals surface area contributed by atoms with Crippen molar-refractivity contribution in [2.45, 2.75) is 12.8 Å². The molecule has 0 amide bonds. The molecule has 0 saturated heterocycles. The number of carbonyl (C=O) groups excluding carboxylic acids is 1. The summed E-state index contributed by atoms with van der Waals surface area (Å²) in [7, 11) is 0. The predicted molar refractivity (Wildman–Crippen MR) is 48.7 cm³/mol. The van der Waals surface area contributed by atoms with Crippen LogP contribution in [0, 0.1) is 0 Å². The normalized spacial score (nSPS) is 30.8. The van der Waals surface area contributed by atoms with Crippen molar-refractivity contribution in [3.8, 4) is 0 Å². The lowest BCUT2D eigenvalue weighted by Crippen LogP contribution is -1.85. The van der Waals surface area contributed by atoms with Crippen LogP contribution in [-0.2, 0) is 4.79 Å². The Hall–Kier alpha value is -1.37. The van der Waals surface area contributed by atoms with Crippen molar-refractivity contribution >= 4 is 5.78 Å². The second kappa shape index (κ2) is 2.94. The van der Waals surface area contributed by atoms with Gasteiger partial charge >= 0.3 is 0 Å². The topological polar surface area (TPSA) is 17.1 Å². The molecule has 0 spiro atoms. The van der Waals surface area contributed by atoms with E-state index in [-0.39, 0.29) is 5.78 Å². The average Bonchev–Trinajstić information content (AvgIpc) is 2.32. The molecule has 2 aliphatic rings. The van der Waals surface area contributed by atoms with Gasteiger partial charge in [0.1, 0.15) is 0 Å². The first-order chi connectivity index (χ1) is 5.86. The van der Waals surface area contributed by atoms with Crippen LogP contribution >= 0.6 is 0 Å². The van der Waals surface area contributed by atoms with Crippen LogP contribution in [0.4, 0.5) is 0 Å². The highest BCUT2D eigenvalue weighted by molar-refractivity contribution is 5.97. The maximum absolute atomic E-state index is 11.1. The van der Waals surface area contributed by atoms with E-state index in [0.717, 1.165) is 6.42 Å². The minimum atomic E-state index is 0.236. The molecule has 0 radical (unpaired) electrons. The Labute approximate surface area is 71.8 Å². The number of fused-ring (bicyclic) bond motifs is 1. The van der Waals surface area contributed by atoms with Crippen LogP contribution in [0.1, 0.15) is 12.8 Å². The molecule has 1 nitrogen and oxygen atoms in total. The van der Waals surface area contributed by atoms with E-state index in [2.05, 4.69) is 6.08 Å². The van der Waals surface area contributed by atoms with Gasteiger partial charge in [-0.2, -0.15) is 0 Å². The van der Waals surface area contributed by atoms with Gasteiger partial charge in [0.05, 0.1) is 0 Å². The molecule has 0 saturated carbocycles. The van der Waals surface area contributed by atoms with Gasteiger partial charge in [0.15, 0.2) is 5.78 Å². The Morgan fingerprint density at radius 2 is 2.00 bits per heavy atom. The third kappa shape index (κ3) is 1.30. The molecule has 0 heterocycles. The summed E-state index contributed by atoms with van der Waals surface area (Å²) in [5.41, 5.74) is 2.36. The standard InChI is InChI=1S/C11H10O/c12-11-7-9-5-3-1-2-4-6-10(9)8-11/h1-5,8H,6-7H2/b3-1-,4-2-,9-5-. The van der Waals surface area contributed by atoms with Gasteiger partial charge in [-0.3, -0.25) is 4.79 Å². The van der Waals surface area contributed by atoms with Crippen LogP contribution in [-0.4, -0.2) is 5.78 Å². The first-order valence-corrected chi connectivity index (χ1v) is 4.12. The number of rotatable bonds is 0. The lowest BCUT2D eigenvalue weighted by molar-refractivity contribution is -0.113. The lowest BCUT2D eigenvalue weighted by Gasteiger charge is -2.01. The van der Waals surface area contributed by atoms with Crippen molar-refractivity contribution in [3.05, 3.63) is 47.6 Å². The van der Waals surface area contributed by atoms with Crippen LogP contribution in [0.3, 0.4) is 0 Å². The third-order valence-electron chi connectivity index (χ3n) is 2.11. The van der Waals surface area contributed by atoms with Gasteiger partial charge in [-0.25, -0.2) is 0 Å². The number of carbonyl (C=O) groups is 1. The first kappa shape index (κ1) is 7.29. The summed E-state index contributed by atoms with van der Waals surface area (Å²) < 4.78 is 0. The van der Waals surface area contributed by atoms with E-state index in [9.17, 15) is 4.79 Å². The largest absolute Gasteiger partial charge is 0.294 e. The van der Waals surface area contributed by atoms with Gasteiger partial charge in [-0.05, 0) is 23.6 Å². The maximum Gasteiger partial charge on any atom is 0.160 e. The van der Waals surface area contributed by atoms with E-state index in [1.54, 1.807) is 6.08 Å². The Kier molecular flexibility index (Phi) is 1.78. The van der Waals surface area contributed by atoms with Crippen molar-refractivity contribution in [1.29, 1.82) is 0 Å². The quantitative estimate of drug-likeness (QED) is 0.528. The summed E-state index contributed by atoms with van der Waals surface area (Å²) in [5, 5.41) is 0. The van der Waals surface area contributed by atoms with Gasteiger partial charge in [-0.1, -0.05) is 30.4 Å². The molecular formula is C11H10O. The predicted octanol–water partition coefficient (Wildman–Crippen LogP) is 2.33. The zero-order chi connectivity index (χ0) is 8.39. The van der Waals surface area contributed by atoms with Crippen molar-refractivity contribution in [3.63, 3.8) is 0 Å². The summed E-state index contributed by atoms with van der Waals surface area (Å²) >= 11 is 0. The lowest BCUT2D eigenvalue weighted by atomic mass is 10.0. The Balaban J connectivity index is 2.37. The highest BCUT2D eigenvalue weighted by Crippen LogP contribution is 2.26. The number of hydrogen-bond donors (Lipinski definition) is 0. The second-order valence-electron chi connectivity index (χ2n) is 3.02. The van der Waals surface area contributed by atoms with Gasteiger partial charge < -0.3 is 0 Å². The molecule has 12 heavy (non-hydrogen) atoms. The second-order valence-corrected chi connectivity index (χ2v) is 3.02. The van der Waals surface area contributed by atoms with Crippen molar-refractivity contribution < 1.29 is 4.79 Å². The Morgan fingerprint density at radius 3 is 2.92 bits per heavy atom. The van der Waals surface area contributed by atoms with Crippen molar-refractivity contribution in [2.24, 2.45) is 0 Å². The highest BCUT2D eigenvalue weighted by atomic mass is 16.1. The molecular weight excluding hydrogens is 148 g/mol. The summed E-state index contributed by atoms with van der Waals surface area (Å²) in [6, 6.07) is 0. The fraction of sp³-hybridized carbons (Fsp3) is 0.182. The van der Waals surface area contributed by atoms with E-state index in [1.165, 1.54) is 11.1 Å². The molecule has 0 fully saturated rings.